The van der Waals surface area contributed by atoms with Crippen LogP contribution in [-0.4, -0.2) is 61.0 Å². The lowest BCUT2D eigenvalue weighted by Crippen LogP contribution is -2.72. The van der Waals surface area contributed by atoms with Crippen LogP contribution in [0.5, 0.6) is 0 Å². The molecule has 0 aromatic heterocycles. The number of amides is 3. The number of ether oxygens (including phenoxy) is 1. The van der Waals surface area contributed by atoms with E-state index in [0.717, 1.165) is 4.90 Å². The van der Waals surface area contributed by atoms with Crippen molar-refractivity contribution in [2.75, 3.05) is 0 Å². The monoisotopic (exact) mass is 483 g/mol. The van der Waals surface area contributed by atoms with Gasteiger partial charge in [0.2, 0.25) is 0 Å². The minimum Gasteiger partial charge on any atom is -0.480 e. The van der Waals surface area contributed by atoms with Crippen molar-refractivity contribution >= 4 is 35.6 Å². The van der Waals surface area contributed by atoms with Crippen LogP contribution in [0.2, 0.25) is 0 Å². The molecule has 2 heterocycles. The summed E-state index contributed by atoms with van der Waals surface area (Å²) in [6.07, 6.45) is -1.00. The first-order valence-corrected chi connectivity index (χ1v) is 11.6. The molecule has 0 saturated carbocycles. The molecule has 178 valence electrons. The molecule has 4 rings (SSSR count). The van der Waals surface area contributed by atoms with Crippen molar-refractivity contribution in [2.24, 2.45) is 5.73 Å². The van der Waals surface area contributed by atoms with Crippen LogP contribution in [0.3, 0.4) is 0 Å². The number of nitrogens with two attached hydrogens (primary N) is 1. The molecule has 34 heavy (non-hydrogen) atoms. The SMILES string of the molecule is CC1(C)S[C@@H]2[C@H](N(C(=O)OCc3ccccc3)C(=O)C(N)c3ccccc3)C(=O)N2[C@H]1C(=O)O. The van der Waals surface area contributed by atoms with Gasteiger partial charge in [0.15, 0.2) is 6.04 Å². The van der Waals surface area contributed by atoms with Gasteiger partial charge in [0.25, 0.3) is 11.8 Å². The third kappa shape index (κ3) is 4.14. The molecule has 1 unspecified atom stereocenters. The lowest BCUT2D eigenvalue weighted by atomic mass is 9.94. The highest BCUT2D eigenvalue weighted by molar-refractivity contribution is 8.01. The molecule has 9 nitrogen and oxygen atoms in total. The number of nitrogens with zero attached hydrogens (tertiary/aromatic N) is 2. The van der Waals surface area contributed by atoms with Crippen molar-refractivity contribution in [1.82, 2.24) is 9.80 Å². The maximum atomic E-state index is 13.4. The Bertz CT molecular complexity index is 1110. The number of imide groups is 1. The predicted octanol–water partition coefficient (Wildman–Crippen LogP) is 2.37. The Morgan fingerprint density at radius 2 is 1.71 bits per heavy atom. The lowest BCUT2D eigenvalue weighted by Gasteiger charge is -2.47. The molecule has 2 aromatic carbocycles. The van der Waals surface area contributed by atoms with Crippen molar-refractivity contribution in [1.29, 1.82) is 0 Å². The normalized spacial score (nSPS) is 23.4. The molecule has 4 atom stereocenters. The molecular weight excluding hydrogens is 458 g/mol. The summed E-state index contributed by atoms with van der Waals surface area (Å²) in [6.45, 7) is 3.33. The molecule has 2 aliphatic rings. The van der Waals surface area contributed by atoms with E-state index in [-0.39, 0.29) is 6.61 Å². The Morgan fingerprint density at radius 3 is 2.29 bits per heavy atom. The minimum atomic E-state index is -1.21. The zero-order valence-electron chi connectivity index (χ0n) is 18.7. The highest BCUT2D eigenvalue weighted by Crippen LogP contribution is 2.52. The largest absolute Gasteiger partial charge is 0.480 e. The molecule has 2 aromatic rings. The second kappa shape index (κ2) is 9.11. The third-order valence-corrected chi connectivity index (χ3v) is 7.55. The standard InChI is InChI=1S/C24H25N3O6S/c1-24(2)18(22(30)31)27-20(29)17(21(27)34-24)26(19(28)16(25)15-11-7-4-8-12-15)23(32)33-13-14-9-5-3-6-10-14/h3-12,16-18,21H,13,25H2,1-2H3,(H,30,31)/t16?,17-,18+,21-/m1/s1. The summed E-state index contributed by atoms with van der Waals surface area (Å²) in [6, 6.07) is 13.9. The number of carbonyl (C=O) groups excluding carboxylic acids is 3. The number of hydrogen-bond donors (Lipinski definition) is 2. The van der Waals surface area contributed by atoms with Crippen LogP contribution in [0.25, 0.3) is 0 Å². The maximum Gasteiger partial charge on any atom is 0.417 e. The van der Waals surface area contributed by atoms with Gasteiger partial charge in [-0.25, -0.2) is 14.5 Å². The summed E-state index contributed by atoms with van der Waals surface area (Å²) < 4.78 is 4.58. The van der Waals surface area contributed by atoms with Gasteiger partial charge in [0.1, 0.15) is 24.1 Å². The summed E-state index contributed by atoms with van der Waals surface area (Å²) in [5.41, 5.74) is 7.37. The Balaban J connectivity index is 1.63. The van der Waals surface area contributed by atoms with E-state index in [0.29, 0.717) is 11.1 Å². The van der Waals surface area contributed by atoms with Gasteiger partial charge >= 0.3 is 12.1 Å². The first-order chi connectivity index (χ1) is 16.1. The second-order valence-electron chi connectivity index (χ2n) is 8.68. The van der Waals surface area contributed by atoms with Gasteiger partial charge in [-0.15, -0.1) is 11.8 Å². The molecule has 3 amide bonds. The van der Waals surface area contributed by atoms with Crippen LogP contribution in [0.15, 0.2) is 60.7 Å². The van der Waals surface area contributed by atoms with Crippen molar-refractivity contribution in [3.05, 3.63) is 71.8 Å². The van der Waals surface area contributed by atoms with Crippen molar-refractivity contribution in [3.8, 4) is 0 Å². The number of hydrogen-bond acceptors (Lipinski definition) is 7. The summed E-state index contributed by atoms with van der Waals surface area (Å²) in [5, 5.41) is 8.97. The number of rotatable bonds is 6. The minimum absolute atomic E-state index is 0.101. The first kappa shape index (κ1) is 23.8. The van der Waals surface area contributed by atoms with Gasteiger partial charge < -0.3 is 20.5 Å². The molecule has 10 heteroatoms. The number of fused-ring (bicyclic) bond motifs is 1. The lowest BCUT2D eigenvalue weighted by molar-refractivity contribution is -0.167. The molecule has 0 bridgehead atoms. The van der Waals surface area contributed by atoms with Gasteiger partial charge in [0.05, 0.1) is 0 Å². The summed E-state index contributed by atoms with van der Waals surface area (Å²) in [4.78, 5) is 53.6. The van der Waals surface area contributed by atoms with E-state index in [4.69, 9.17) is 10.5 Å². The van der Waals surface area contributed by atoms with E-state index in [1.54, 1.807) is 68.4 Å². The van der Waals surface area contributed by atoms with E-state index in [2.05, 4.69) is 0 Å². The van der Waals surface area contributed by atoms with E-state index in [1.807, 2.05) is 6.07 Å². The molecule has 3 N–H and O–H groups in total. The number of β-lactam (4-membered cyclic amide) rings is 1. The van der Waals surface area contributed by atoms with Crippen LogP contribution in [0.1, 0.15) is 31.0 Å². The van der Waals surface area contributed by atoms with Crippen LogP contribution in [0, 0.1) is 0 Å². The van der Waals surface area contributed by atoms with Crippen LogP contribution >= 0.6 is 11.8 Å². The van der Waals surface area contributed by atoms with Crippen LogP contribution < -0.4 is 5.73 Å². The smallest absolute Gasteiger partial charge is 0.417 e. The molecule has 0 aliphatic carbocycles. The maximum absolute atomic E-state index is 13.4. The summed E-state index contributed by atoms with van der Waals surface area (Å²) in [5.74, 6) is -2.56. The van der Waals surface area contributed by atoms with Crippen molar-refractivity contribution in [2.45, 2.75) is 48.7 Å². The molecule has 0 spiro atoms. The number of thioether (sulfide) groups is 1. The Hall–Kier alpha value is -3.37. The van der Waals surface area contributed by atoms with Crippen molar-refractivity contribution in [3.63, 3.8) is 0 Å². The van der Waals surface area contributed by atoms with Crippen LogP contribution in [-0.2, 0) is 25.7 Å². The molecule has 0 radical (unpaired) electrons. The Morgan fingerprint density at radius 1 is 1.12 bits per heavy atom. The number of carboxylic acid groups (broad SMARTS) is 1. The predicted molar refractivity (Wildman–Crippen MR) is 124 cm³/mol. The van der Waals surface area contributed by atoms with Crippen LogP contribution in [0.4, 0.5) is 4.79 Å². The fraction of sp³-hybridized carbons (Fsp3) is 0.333. The Labute approximate surface area is 200 Å². The Kier molecular flexibility index (Phi) is 6.37. The highest BCUT2D eigenvalue weighted by atomic mass is 32.2. The molecule has 2 saturated heterocycles. The zero-order chi connectivity index (χ0) is 24.6. The number of aliphatic carboxylic acids is 1. The zero-order valence-corrected chi connectivity index (χ0v) is 19.5. The molecule has 2 aliphatic heterocycles. The fourth-order valence-electron chi connectivity index (χ4n) is 4.31. The van der Waals surface area contributed by atoms with E-state index in [9.17, 15) is 24.3 Å². The van der Waals surface area contributed by atoms with Crippen molar-refractivity contribution < 1.29 is 29.0 Å². The fourth-order valence-corrected chi connectivity index (χ4v) is 5.98. The van der Waals surface area contributed by atoms with E-state index in [1.165, 1.54) is 16.7 Å². The van der Waals surface area contributed by atoms with E-state index < -0.39 is 52.1 Å². The van der Waals surface area contributed by atoms with Gasteiger partial charge in [-0.05, 0) is 25.0 Å². The summed E-state index contributed by atoms with van der Waals surface area (Å²) >= 11 is 1.23. The first-order valence-electron chi connectivity index (χ1n) is 10.7. The van der Waals surface area contributed by atoms with Gasteiger partial charge in [0, 0.05) is 4.75 Å². The molecular formula is C24H25N3O6S. The summed E-state index contributed by atoms with van der Waals surface area (Å²) in [7, 11) is 0. The van der Waals surface area contributed by atoms with Gasteiger partial charge in [-0.2, -0.15) is 0 Å². The number of carbonyl (C=O) groups is 4. The highest BCUT2D eigenvalue weighted by Gasteiger charge is 2.67. The average molecular weight is 484 g/mol. The number of benzene rings is 2. The van der Waals surface area contributed by atoms with E-state index >= 15 is 0 Å². The molecule has 2 fully saturated rings. The third-order valence-electron chi connectivity index (χ3n) is 5.99. The quantitative estimate of drug-likeness (QED) is 0.599. The number of carboxylic acids is 1. The van der Waals surface area contributed by atoms with Gasteiger partial charge in [-0.1, -0.05) is 60.7 Å². The van der Waals surface area contributed by atoms with Gasteiger partial charge in [-0.3, -0.25) is 9.59 Å². The average Bonchev–Trinajstić information content (AvgIpc) is 3.08. The topological polar surface area (TPSA) is 130 Å². The second-order valence-corrected chi connectivity index (χ2v) is 10.5.